The Bertz CT molecular complexity index is 384. The van der Waals surface area contributed by atoms with Crippen LogP contribution in [0.2, 0.25) is 0 Å². The molecule has 1 amide bonds. The molecule has 0 fully saturated rings. The molecule has 0 spiro atoms. The highest BCUT2D eigenvalue weighted by Crippen LogP contribution is 2.05. The molecule has 18 heavy (non-hydrogen) atoms. The third-order valence-corrected chi connectivity index (χ3v) is 2.30. The zero-order chi connectivity index (χ0) is 16.5. The van der Waals surface area contributed by atoms with E-state index in [1.54, 1.807) is 0 Å². The Morgan fingerprint density at radius 3 is 2.56 bits per heavy atom. The first kappa shape index (κ1) is 11.5. The second-order valence-electron chi connectivity index (χ2n) is 4.01. The van der Waals surface area contributed by atoms with Crippen molar-refractivity contribution >= 4 is 17.8 Å². The maximum absolute atomic E-state index is 11.6. The predicted molar refractivity (Wildman–Crippen MR) is 70.3 cm³/mol. The third kappa shape index (κ3) is 8.55. The SMILES string of the molecule is [2H]C([2H])([2H])N(CC(=O)O)C(N)=NC(=O)CCCCCCC. The van der Waals surface area contributed by atoms with E-state index in [9.17, 15) is 9.59 Å². The number of likely N-dealkylation sites (N-methyl/N-ethyl adjacent to an activating group) is 1. The van der Waals surface area contributed by atoms with Crippen LogP contribution in [-0.4, -0.2) is 41.4 Å². The van der Waals surface area contributed by atoms with Gasteiger partial charge in [-0.2, -0.15) is 4.99 Å². The number of hydrogen-bond acceptors (Lipinski definition) is 2. The van der Waals surface area contributed by atoms with Crippen molar-refractivity contribution in [2.75, 3.05) is 13.5 Å². The van der Waals surface area contributed by atoms with Crippen molar-refractivity contribution in [1.29, 1.82) is 0 Å². The van der Waals surface area contributed by atoms with E-state index in [0.29, 0.717) is 11.3 Å². The second-order valence-corrected chi connectivity index (χ2v) is 4.01. The molecule has 0 radical (unpaired) electrons. The van der Waals surface area contributed by atoms with Crippen LogP contribution < -0.4 is 5.73 Å². The molecular weight excluding hydrogens is 234 g/mol. The maximum Gasteiger partial charge on any atom is 0.323 e. The van der Waals surface area contributed by atoms with Crippen molar-refractivity contribution in [3.05, 3.63) is 0 Å². The molecule has 3 N–H and O–H groups in total. The minimum atomic E-state index is -2.76. The highest BCUT2D eigenvalue weighted by Gasteiger charge is 2.08. The average Bonchev–Trinajstić information content (AvgIpc) is 2.34. The Balaban J connectivity index is 4.51. The number of carbonyl (C=O) groups is 2. The molecule has 104 valence electrons. The van der Waals surface area contributed by atoms with Gasteiger partial charge in [-0.3, -0.25) is 9.59 Å². The van der Waals surface area contributed by atoms with Crippen LogP contribution in [0.5, 0.6) is 0 Å². The van der Waals surface area contributed by atoms with Gasteiger partial charge in [-0.25, -0.2) is 0 Å². The van der Waals surface area contributed by atoms with E-state index in [-0.39, 0.29) is 6.42 Å². The molecule has 0 saturated heterocycles. The highest BCUT2D eigenvalue weighted by atomic mass is 16.4. The summed E-state index contributed by atoms with van der Waals surface area (Å²) in [5.41, 5.74) is 5.44. The highest BCUT2D eigenvalue weighted by molar-refractivity contribution is 5.93. The lowest BCUT2D eigenvalue weighted by Crippen LogP contribution is -2.38. The number of carboxylic acids is 1. The average molecular weight is 260 g/mol. The Labute approximate surface area is 112 Å². The molecule has 0 aliphatic carbocycles. The molecule has 0 atom stereocenters. The van der Waals surface area contributed by atoms with Crippen LogP contribution in [0, 0.1) is 0 Å². The molecule has 6 nitrogen and oxygen atoms in total. The first-order valence-electron chi connectivity index (χ1n) is 7.55. The summed E-state index contributed by atoms with van der Waals surface area (Å²) in [6.45, 7) is -1.51. The molecule has 6 heteroatoms. The molecule has 0 aromatic rings. The quantitative estimate of drug-likeness (QED) is 0.388. The second kappa shape index (κ2) is 9.44. The molecule has 0 bridgehead atoms. The molecule has 0 aliphatic rings. The van der Waals surface area contributed by atoms with Crippen LogP contribution in [0.25, 0.3) is 0 Å². The lowest BCUT2D eigenvalue weighted by Gasteiger charge is -2.14. The number of carbonyl (C=O) groups excluding carboxylic acids is 1. The number of rotatable bonds is 8. The molecule has 0 saturated carbocycles. The van der Waals surface area contributed by atoms with Gasteiger partial charge in [0, 0.05) is 17.5 Å². The fourth-order valence-electron chi connectivity index (χ4n) is 1.34. The first-order valence-corrected chi connectivity index (χ1v) is 6.05. The number of amides is 1. The summed E-state index contributed by atoms with van der Waals surface area (Å²) in [5.74, 6) is -2.49. The lowest BCUT2D eigenvalue weighted by atomic mass is 10.1. The third-order valence-electron chi connectivity index (χ3n) is 2.30. The molecule has 0 rings (SSSR count). The fraction of sp³-hybridized carbons (Fsp3) is 0.750. The summed E-state index contributed by atoms with van der Waals surface area (Å²) in [6.07, 6.45) is 4.96. The summed E-state index contributed by atoms with van der Waals surface area (Å²) in [6, 6.07) is 0. The van der Waals surface area contributed by atoms with Gasteiger partial charge in [-0.15, -0.1) is 0 Å². The Morgan fingerprint density at radius 1 is 1.33 bits per heavy atom. The van der Waals surface area contributed by atoms with Gasteiger partial charge in [-0.05, 0) is 6.42 Å². The number of carboxylic acid groups (broad SMARTS) is 1. The number of aliphatic carboxylic acids is 1. The van der Waals surface area contributed by atoms with Crippen LogP contribution in [-0.2, 0) is 9.59 Å². The van der Waals surface area contributed by atoms with Gasteiger partial charge >= 0.3 is 5.97 Å². The van der Waals surface area contributed by atoms with Crippen molar-refractivity contribution in [1.82, 2.24) is 4.90 Å². The van der Waals surface area contributed by atoms with Gasteiger partial charge in [0.2, 0.25) is 5.91 Å². The van der Waals surface area contributed by atoms with Gasteiger partial charge < -0.3 is 15.7 Å². The summed E-state index contributed by atoms with van der Waals surface area (Å²) in [4.78, 5) is 26.1. The summed E-state index contributed by atoms with van der Waals surface area (Å²) < 4.78 is 21.6. The van der Waals surface area contributed by atoms with Gasteiger partial charge in [0.25, 0.3) is 0 Å². The van der Waals surface area contributed by atoms with Crippen LogP contribution in [0.4, 0.5) is 0 Å². The Hall–Kier alpha value is -1.59. The maximum atomic E-state index is 11.6. The van der Waals surface area contributed by atoms with Crippen LogP contribution in [0.3, 0.4) is 0 Å². The van der Waals surface area contributed by atoms with Gasteiger partial charge in [0.15, 0.2) is 5.96 Å². The normalized spacial score (nSPS) is 14.5. The van der Waals surface area contributed by atoms with Crippen molar-refractivity contribution in [3.63, 3.8) is 0 Å². The van der Waals surface area contributed by atoms with E-state index in [1.165, 1.54) is 0 Å². The van der Waals surface area contributed by atoms with Crippen molar-refractivity contribution in [2.24, 2.45) is 10.7 Å². The molecule has 0 aliphatic heterocycles. The van der Waals surface area contributed by atoms with Crippen molar-refractivity contribution in [3.8, 4) is 0 Å². The van der Waals surface area contributed by atoms with E-state index >= 15 is 0 Å². The minimum Gasteiger partial charge on any atom is -0.480 e. The van der Waals surface area contributed by atoms with Gasteiger partial charge in [-0.1, -0.05) is 32.6 Å². The molecule has 0 heterocycles. The summed E-state index contributed by atoms with van der Waals surface area (Å²) in [5, 5.41) is 8.67. The largest absolute Gasteiger partial charge is 0.480 e. The standard InChI is InChI=1S/C12H23N3O3/c1-3-4-5-6-7-8-10(16)14-12(13)15(2)9-11(17)18/h3-9H2,1-2H3,(H,17,18)(H2,13,14,16)/i2D3. The van der Waals surface area contributed by atoms with E-state index in [4.69, 9.17) is 15.0 Å². The van der Waals surface area contributed by atoms with Crippen molar-refractivity contribution < 1.29 is 18.8 Å². The summed E-state index contributed by atoms with van der Waals surface area (Å²) in [7, 11) is 0. The minimum absolute atomic E-state index is 0.173. The number of hydrogen-bond donors (Lipinski definition) is 2. The van der Waals surface area contributed by atoms with E-state index in [1.807, 2.05) is 0 Å². The van der Waals surface area contributed by atoms with Crippen LogP contribution >= 0.6 is 0 Å². The van der Waals surface area contributed by atoms with Crippen LogP contribution in [0.15, 0.2) is 4.99 Å². The number of aliphatic imine (C=N–C) groups is 1. The van der Waals surface area contributed by atoms with Crippen LogP contribution in [0.1, 0.15) is 49.6 Å². The number of unbranched alkanes of at least 4 members (excludes halogenated alkanes) is 4. The summed E-state index contributed by atoms with van der Waals surface area (Å²) >= 11 is 0. The Morgan fingerprint density at radius 2 is 2.00 bits per heavy atom. The zero-order valence-corrected chi connectivity index (χ0v) is 10.7. The molecular formula is C12H23N3O3. The monoisotopic (exact) mass is 260 g/mol. The molecule has 0 aromatic heterocycles. The van der Waals surface area contributed by atoms with E-state index < -0.39 is 31.4 Å². The lowest BCUT2D eigenvalue weighted by molar-refractivity contribution is -0.137. The van der Waals surface area contributed by atoms with E-state index in [2.05, 4.69) is 11.9 Å². The number of nitrogens with two attached hydrogens (primary N) is 1. The van der Waals surface area contributed by atoms with Gasteiger partial charge in [0.05, 0.1) is 0 Å². The van der Waals surface area contributed by atoms with Crippen molar-refractivity contribution in [2.45, 2.75) is 45.4 Å². The molecule has 0 unspecified atom stereocenters. The number of guanidine groups is 1. The smallest absolute Gasteiger partial charge is 0.323 e. The first-order chi connectivity index (χ1) is 9.68. The molecule has 0 aromatic carbocycles. The zero-order valence-electron chi connectivity index (χ0n) is 13.7. The fourth-order valence-corrected chi connectivity index (χ4v) is 1.34. The number of nitrogens with zero attached hydrogens (tertiary/aromatic N) is 2. The predicted octanol–water partition coefficient (Wildman–Crippen LogP) is 1.20. The topological polar surface area (TPSA) is 96.0 Å². The van der Waals surface area contributed by atoms with E-state index in [0.717, 1.165) is 25.7 Å². The Kier molecular flexibility index (Phi) is 6.03. The van der Waals surface area contributed by atoms with Gasteiger partial charge in [0.1, 0.15) is 6.54 Å².